The van der Waals surface area contributed by atoms with Gasteiger partial charge in [0.25, 0.3) is 0 Å². The van der Waals surface area contributed by atoms with Crippen LogP contribution in [0.5, 0.6) is 0 Å². The van der Waals surface area contributed by atoms with Gasteiger partial charge in [-0.1, -0.05) is 237 Å². The van der Waals surface area contributed by atoms with Crippen molar-refractivity contribution in [3.8, 4) is 0 Å². The first-order valence-corrected chi connectivity index (χ1v) is 28.4. The maximum atomic E-state index is 12.9. The molecule has 0 fully saturated rings. The maximum absolute atomic E-state index is 12.9. The van der Waals surface area contributed by atoms with Crippen LogP contribution in [-0.2, 0) is 18.4 Å². The summed E-state index contributed by atoms with van der Waals surface area (Å²) in [5.41, 5.74) is 0. The van der Waals surface area contributed by atoms with Gasteiger partial charge in [0.05, 0.1) is 39.9 Å². The third-order valence-electron chi connectivity index (χ3n) is 12.1. The molecule has 0 heterocycles. The number of aliphatic hydroxyl groups excluding tert-OH is 1. The van der Waals surface area contributed by atoms with Gasteiger partial charge in [-0.25, -0.2) is 4.57 Å². The summed E-state index contributed by atoms with van der Waals surface area (Å²) >= 11 is 0. The number of phosphoric ester groups is 1. The number of carbonyl (C=O) groups excluding carboxylic acids is 1. The summed E-state index contributed by atoms with van der Waals surface area (Å²) in [5, 5.41) is 13.9. The number of allylic oxidation sites excluding steroid dienone is 5. The average Bonchev–Trinajstić information content (AvgIpc) is 3.24. The topological polar surface area (TPSA) is 105 Å². The number of quaternary nitrogens is 1. The highest BCUT2D eigenvalue weighted by Crippen LogP contribution is 2.43. The zero-order valence-electron chi connectivity index (χ0n) is 42.3. The molecule has 63 heavy (non-hydrogen) atoms. The molecule has 3 N–H and O–H groups in total. The summed E-state index contributed by atoms with van der Waals surface area (Å²) in [4.78, 5) is 23.2. The Hall–Kier alpha value is -1.28. The van der Waals surface area contributed by atoms with Gasteiger partial charge in [0.2, 0.25) is 5.91 Å². The third-order valence-corrected chi connectivity index (χ3v) is 13.1. The molecule has 9 heteroatoms. The van der Waals surface area contributed by atoms with Gasteiger partial charge in [0.1, 0.15) is 13.2 Å². The van der Waals surface area contributed by atoms with Crippen LogP contribution in [0.1, 0.15) is 251 Å². The molecule has 3 atom stereocenters. The van der Waals surface area contributed by atoms with Crippen LogP contribution in [-0.4, -0.2) is 73.4 Å². The molecular formula is C54H106N2O6P+. The lowest BCUT2D eigenvalue weighted by Gasteiger charge is -2.25. The van der Waals surface area contributed by atoms with Crippen molar-refractivity contribution in [2.45, 2.75) is 264 Å². The Balaban J connectivity index is 4.34. The molecule has 1 amide bonds. The van der Waals surface area contributed by atoms with Crippen molar-refractivity contribution in [3.63, 3.8) is 0 Å². The number of amides is 1. The van der Waals surface area contributed by atoms with E-state index in [-0.39, 0.29) is 19.1 Å². The predicted molar refractivity (Wildman–Crippen MR) is 272 cm³/mol. The molecule has 0 aromatic carbocycles. The van der Waals surface area contributed by atoms with E-state index in [1.54, 1.807) is 6.08 Å². The Bertz CT molecular complexity index is 1120. The quantitative estimate of drug-likeness (QED) is 0.0243. The van der Waals surface area contributed by atoms with E-state index in [9.17, 15) is 19.4 Å². The number of unbranched alkanes of at least 4 members (excludes halogenated alkanes) is 32. The highest BCUT2D eigenvalue weighted by molar-refractivity contribution is 7.47. The fraction of sp³-hybridized carbons (Fsp3) is 0.870. The highest BCUT2D eigenvalue weighted by Gasteiger charge is 2.27. The van der Waals surface area contributed by atoms with E-state index in [4.69, 9.17) is 9.05 Å². The van der Waals surface area contributed by atoms with Crippen molar-refractivity contribution in [1.82, 2.24) is 5.32 Å². The Morgan fingerprint density at radius 1 is 0.524 bits per heavy atom. The fourth-order valence-corrected chi connectivity index (χ4v) is 8.58. The molecule has 3 unspecified atom stereocenters. The smallest absolute Gasteiger partial charge is 0.387 e. The van der Waals surface area contributed by atoms with Crippen molar-refractivity contribution in [2.75, 3.05) is 40.9 Å². The van der Waals surface area contributed by atoms with Gasteiger partial charge in [-0.05, 0) is 44.9 Å². The van der Waals surface area contributed by atoms with Crippen LogP contribution in [0.3, 0.4) is 0 Å². The molecule has 0 saturated carbocycles. The molecule has 0 bridgehead atoms. The van der Waals surface area contributed by atoms with E-state index >= 15 is 0 Å². The van der Waals surface area contributed by atoms with Gasteiger partial charge in [-0.15, -0.1) is 0 Å². The molecule has 8 nitrogen and oxygen atoms in total. The SMILES string of the molecule is CCCCCCCCCCCCCC/C=C/CC/C=C/CC/C=C/C(O)C(COP(=O)(O)OCC[N+](C)(C)C)NC(=O)CCCCCCCCCCCCCCCCCCCCC. The summed E-state index contributed by atoms with van der Waals surface area (Å²) in [6.07, 6.45) is 58.1. The third kappa shape index (κ3) is 48.5. The van der Waals surface area contributed by atoms with Crippen molar-refractivity contribution in [1.29, 1.82) is 0 Å². The predicted octanol–water partition coefficient (Wildman–Crippen LogP) is 15.8. The van der Waals surface area contributed by atoms with Crippen LogP contribution in [0.2, 0.25) is 0 Å². The monoisotopic (exact) mass is 910 g/mol. The Morgan fingerprint density at radius 3 is 1.27 bits per heavy atom. The number of carbonyl (C=O) groups is 1. The van der Waals surface area contributed by atoms with Crippen LogP contribution in [0.4, 0.5) is 0 Å². The van der Waals surface area contributed by atoms with Gasteiger partial charge in [-0.3, -0.25) is 13.8 Å². The summed E-state index contributed by atoms with van der Waals surface area (Å²) in [7, 11) is 1.55. The standard InChI is InChI=1S/C54H105N2O6P/c1-6-8-10-12-14-16-18-20-22-24-26-27-28-30-31-33-35-37-39-41-43-45-47-53(57)52(51-62-63(59,60)61-50-49-56(3,4)5)55-54(58)48-46-44-42-40-38-36-34-32-29-25-23-21-19-17-15-13-11-9-7-2/h30-31,37,39,45,47,52-53,57H,6-29,32-36,38,40-44,46,48-51H2,1-5H3,(H-,55,58,59,60)/p+1/b31-30+,39-37+,47-45+. The number of phosphoric acid groups is 1. The first-order chi connectivity index (χ1) is 30.5. The summed E-state index contributed by atoms with van der Waals surface area (Å²) < 4.78 is 23.6. The van der Waals surface area contributed by atoms with Gasteiger partial charge in [0, 0.05) is 6.42 Å². The van der Waals surface area contributed by atoms with E-state index in [2.05, 4.69) is 43.5 Å². The number of rotatable bonds is 49. The van der Waals surface area contributed by atoms with Crippen molar-refractivity contribution >= 4 is 13.7 Å². The lowest BCUT2D eigenvalue weighted by molar-refractivity contribution is -0.870. The van der Waals surface area contributed by atoms with E-state index in [0.717, 1.165) is 44.9 Å². The van der Waals surface area contributed by atoms with Crippen LogP contribution >= 0.6 is 7.82 Å². The van der Waals surface area contributed by atoms with Crippen LogP contribution in [0, 0.1) is 0 Å². The zero-order valence-corrected chi connectivity index (χ0v) is 43.2. The minimum atomic E-state index is -4.35. The van der Waals surface area contributed by atoms with Gasteiger partial charge < -0.3 is 19.8 Å². The molecule has 0 aromatic heterocycles. The molecule has 0 aliphatic rings. The molecule has 0 rings (SSSR count). The van der Waals surface area contributed by atoms with E-state index in [1.807, 2.05) is 27.2 Å². The second-order valence-electron chi connectivity index (χ2n) is 19.6. The highest BCUT2D eigenvalue weighted by atomic mass is 31.2. The summed E-state index contributed by atoms with van der Waals surface area (Å²) in [5.74, 6) is -0.187. The lowest BCUT2D eigenvalue weighted by Crippen LogP contribution is -2.45. The van der Waals surface area contributed by atoms with Crippen LogP contribution in [0.25, 0.3) is 0 Å². The second kappa shape index (κ2) is 45.9. The summed E-state index contributed by atoms with van der Waals surface area (Å²) in [6.45, 7) is 4.82. The number of hydrogen-bond donors (Lipinski definition) is 3. The number of nitrogens with one attached hydrogen (secondary N) is 1. The fourth-order valence-electron chi connectivity index (χ4n) is 7.84. The van der Waals surface area contributed by atoms with Crippen molar-refractivity contribution in [3.05, 3.63) is 36.5 Å². The largest absolute Gasteiger partial charge is 0.472 e. The second-order valence-corrected chi connectivity index (χ2v) is 21.0. The zero-order chi connectivity index (χ0) is 46.4. The first-order valence-electron chi connectivity index (χ1n) is 26.9. The minimum Gasteiger partial charge on any atom is -0.387 e. The Kier molecular flexibility index (Phi) is 44.9. The van der Waals surface area contributed by atoms with Gasteiger partial charge in [0.15, 0.2) is 0 Å². The number of likely N-dealkylation sites (N-methyl/N-ethyl adjacent to an activating group) is 1. The summed E-state index contributed by atoms with van der Waals surface area (Å²) in [6, 6.07) is -0.867. The molecule has 0 radical (unpaired) electrons. The van der Waals surface area contributed by atoms with Crippen molar-refractivity contribution < 1.29 is 32.9 Å². The van der Waals surface area contributed by atoms with Crippen molar-refractivity contribution in [2.24, 2.45) is 0 Å². The maximum Gasteiger partial charge on any atom is 0.472 e. The molecule has 0 aliphatic carbocycles. The minimum absolute atomic E-state index is 0.0550. The van der Waals surface area contributed by atoms with Gasteiger partial charge >= 0.3 is 7.82 Å². The Labute approximate surface area is 391 Å². The number of aliphatic hydroxyl groups is 1. The lowest BCUT2D eigenvalue weighted by atomic mass is 10.0. The van der Waals surface area contributed by atoms with Crippen LogP contribution in [0.15, 0.2) is 36.5 Å². The first kappa shape index (κ1) is 61.7. The molecule has 0 saturated heterocycles. The van der Waals surface area contributed by atoms with Crippen LogP contribution < -0.4 is 5.32 Å². The molecule has 0 spiro atoms. The molecule has 0 aromatic rings. The Morgan fingerprint density at radius 2 is 0.873 bits per heavy atom. The molecule has 372 valence electrons. The normalized spacial score (nSPS) is 14.3. The molecule has 0 aliphatic heterocycles. The average molecular weight is 910 g/mol. The molecular weight excluding hydrogens is 804 g/mol. The number of hydrogen-bond acceptors (Lipinski definition) is 5. The van der Waals surface area contributed by atoms with E-state index in [1.165, 1.54) is 186 Å². The number of nitrogens with zero attached hydrogens (tertiary/aromatic N) is 1. The van der Waals surface area contributed by atoms with E-state index < -0.39 is 20.0 Å². The van der Waals surface area contributed by atoms with E-state index in [0.29, 0.717) is 17.4 Å². The van der Waals surface area contributed by atoms with Gasteiger partial charge in [-0.2, -0.15) is 0 Å².